The molecule has 1 aromatic heterocycles. The second-order valence-electron chi connectivity index (χ2n) is 8.18. The largest absolute Gasteiger partial charge is 0.478 e. The van der Waals surface area contributed by atoms with Crippen molar-refractivity contribution in [3.8, 4) is 0 Å². The van der Waals surface area contributed by atoms with Crippen LogP contribution in [0.1, 0.15) is 18.9 Å². The Bertz CT molecular complexity index is 1140. The first-order chi connectivity index (χ1) is 15.2. The number of carboxylic acids is 1. The Morgan fingerprint density at radius 1 is 1.22 bits per heavy atom. The van der Waals surface area contributed by atoms with Gasteiger partial charge in [-0.2, -0.15) is 0 Å². The average molecular weight is 447 g/mol. The fourth-order valence-corrected chi connectivity index (χ4v) is 4.39. The monoisotopic (exact) mass is 447 g/mol. The molecule has 2 unspecified atom stereocenters. The van der Waals surface area contributed by atoms with Crippen LogP contribution in [0, 0.1) is 17.5 Å². The number of aliphatic carboxylic acids is 1. The molecule has 0 radical (unpaired) electrons. The zero-order chi connectivity index (χ0) is 22.6. The van der Waals surface area contributed by atoms with Crippen LogP contribution in [-0.4, -0.2) is 54.2 Å². The van der Waals surface area contributed by atoms with E-state index in [1.54, 1.807) is 4.90 Å². The molecule has 10 heteroatoms. The van der Waals surface area contributed by atoms with Crippen LogP contribution >= 0.6 is 0 Å². The number of ether oxygens (including phenoxy) is 2. The minimum Gasteiger partial charge on any atom is -0.478 e. The lowest BCUT2D eigenvalue weighted by Gasteiger charge is -2.31. The Hall–Kier alpha value is -3.11. The number of carboxylic acid groups (broad SMARTS) is 1. The van der Waals surface area contributed by atoms with Gasteiger partial charge >= 0.3 is 5.97 Å². The van der Waals surface area contributed by atoms with Crippen LogP contribution in [0.25, 0.3) is 6.08 Å². The summed E-state index contributed by atoms with van der Waals surface area (Å²) in [5.74, 6) is -4.11. The van der Waals surface area contributed by atoms with Gasteiger partial charge in [0.1, 0.15) is 17.5 Å². The van der Waals surface area contributed by atoms with Crippen molar-refractivity contribution in [2.45, 2.75) is 25.2 Å². The Balaban J connectivity index is 1.57. The smallest absolute Gasteiger partial charge is 0.333 e. The van der Waals surface area contributed by atoms with E-state index in [0.717, 1.165) is 6.07 Å². The van der Waals surface area contributed by atoms with E-state index < -0.39 is 29.2 Å². The fourth-order valence-electron chi connectivity index (χ4n) is 4.39. The summed E-state index contributed by atoms with van der Waals surface area (Å²) < 4.78 is 54.8. The molecule has 0 bridgehead atoms. The van der Waals surface area contributed by atoms with Gasteiger partial charge in [0.2, 0.25) is 0 Å². The lowest BCUT2D eigenvalue weighted by molar-refractivity contribution is -0.148. The highest BCUT2D eigenvalue weighted by molar-refractivity contribution is 5.97. The topological polar surface area (TPSA) is 75.1 Å². The summed E-state index contributed by atoms with van der Waals surface area (Å²) in [6, 6.07) is 4.16. The van der Waals surface area contributed by atoms with E-state index >= 15 is 4.39 Å². The van der Waals surface area contributed by atoms with Crippen molar-refractivity contribution >= 4 is 29.4 Å². The molecule has 2 saturated heterocycles. The highest BCUT2D eigenvalue weighted by Gasteiger charge is 2.46. The highest BCUT2D eigenvalue weighted by atomic mass is 19.1. The van der Waals surface area contributed by atoms with Crippen molar-refractivity contribution in [1.29, 1.82) is 0 Å². The molecule has 2 fully saturated rings. The zero-order valence-corrected chi connectivity index (χ0v) is 17.1. The van der Waals surface area contributed by atoms with E-state index in [0.29, 0.717) is 25.6 Å². The lowest BCUT2D eigenvalue weighted by Crippen LogP contribution is -2.36. The highest BCUT2D eigenvalue weighted by Crippen LogP contribution is 2.40. The summed E-state index contributed by atoms with van der Waals surface area (Å²) in [6.07, 6.45) is 1.79. The van der Waals surface area contributed by atoms with E-state index in [9.17, 15) is 18.7 Å². The van der Waals surface area contributed by atoms with Gasteiger partial charge in [0.25, 0.3) is 0 Å². The second-order valence-corrected chi connectivity index (χ2v) is 8.18. The van der Waals surface area contributed by atoms with Crippen molar-refractivity contribution in [1.82, 2.24) is 4.98 Å². The first-order valence-corrected chi connectivity index (χ1v) is 10.2. The summed E-state index contributed by atoms with van der Waals surface area (Å²) in [4.78, 5) is 19.1. The second kappa shape index (κ2) is 7.49. The number of anilines is 3. The molecular weight excluding hydrogens is 427 g/mol. The van der Waals surface area contributed by atoms with Crippen LogP contribution in [0.4, 0.5) is 30.5 Å². The van der Waals surface area contributed by atoms with Crippen molar-refractivity contribution in [3.63, 3.8) is 0 Å². The molecule has 1 N–H and O–H groups in total. The van der Waals surface area contributed by atoms with Gasteiger partial charge in [0, 0.05) is 24.6 Å². The molecule has 0 amide bonds. The molecule has 1 spiro atoms. The number of benzene rings is 1. The van der Waals surface area contributed by atoms with Crippen LogP contribution in [0.5, 0.6) is 0 Å². The van der Waals surface area contributed by atoms with Crippen molar-refractivity contribution in [3.05, 3.63) is 52.9 Å². The number of fused-ring (bicyclic) bond motifs is 1. The maximum absolute atomic E-state index is 15.1. The van der Waals surface area contributed by atoms with Gasteiger partial charge in [-0.15, -0.1) is 0 Å². The normalized spacial score (nSPS) is 24.8. The lowest BCUT2D eigenvalue weighted by atomic mass is 10.0. The summed E-state index contributed by atoms with van der Waals surface area (Å²) in [6.45, 7) is 2.86. The third kappa shape index (κ3) is 3.49. The van der Waals surface area contributed by atoms with Crippen molar-refractivity contribution in [2.75, 3.05) is 36.0 Å². The van der Waals surface area contributed by atoms with Gasteiger partial charge in [-0.05, 0) is 31.2 Å². The number of aromatic nitrogens is 1. The SMILES string of the molecule is CC1COC2(CCN(c3nc4c(cc3F)C=C(C(=O)O)CN4c3ccc(F)cc3F)C2)O1. The number of hydrogen-bond acceptors (Lipinski definition) is 6. The maximum atomic E-state index is 15.1. The molecule has 1 aromatic carbocycles. The molecule has 0 saturated carbocycles. The van der Waals surface area contributed by atoms with Crippen molar-refractivity contribution < 1.29 is 32.5 Å². The Labute approximate surface area is 181 Å². The van der Waals surface area contributed by atoms with E-state index in [2.05, 4.69) is 4.98 Å². The summed E-state index contributed by atoms with van der Waals surface area (Å²) in [7, 11) is 0. The summed E-state index contributed by atoms with van der Waals surface area (Å²) in [5, 5.41) is 9.48. The Morgan fingerprint density at radius 3 is 2.72 bits per heavy atom. The number of pyridine rings is 1. The van der Waals surface area contributed by atoms with Gasteiger partial charge in [0.05, 0.1) is 37.1 Å². The molecule has 2 aromatic rings. The van der Waals surface area contributed by atoms with E-state index in [4.69, 9.17) is 9.47 Å². The molecule has 5 rings (SSSR count). The fraction of sp³-hybridized carbons (Fsp3) is 0.364. The Kier molecular flexibility index (Phi) is 4.86. The number of rotatable bonds is 3. The van der Waals surface area contributed by atoms with Gasteiger partial charge < -0.3 is 24.4 Å². The van der Waals surface area contributed by atoms with Crippen LogP contribution in [-0.2, 0) is 14.3 Å². The third-order valence-electron chi connectivity index (χ3n) is 5.85. The first kappa shape index (κ1) is 20.8. The molecule has 3 aliphatic heterocycles. The van der Waals surface area contributed by atoms with Crippen LogP contribution in [0.3, 0.4) is 0 Å². The molecule has 2 atom stereocenters. The minimum absolute atomic E-state index is 0.0343. The molecule has 4 heterocycles. The van der Waals surface area contributed by atoms with Gasteiger partial charge in [0.15, 0.2) is 17.4 Å². The number of nitrogens with zero attached hydrogens (tertiary/aromatic N) is 3. The van der Waals surface area contributed by atoms with Crippen LogP contribution < -0.4 is 9.80 Å². The molecule has 0 aliphatic carbocycles. The van der Waals surface area contributed by atoms with Crippen molar-refractivity contribution in [2.24, 2.45) is 0 Å². The first-order valence-electron chi connectivity index (χ1n) is 10.2. The maximum Gasteiger partial charge on any atom is 0.333 e. The van der Waals surface area contributed by atoms with Gasteiger partial charge in [-0.1, -0.05) is 0 Å². The minimum atomic E-state index is -1.22. The van der Waals surface area contributed by atoms with E-state index in [1.807, 2.05) is 6.92 Å². The molecule has 32 heavy (non-hydrogen) atoms. The molecule has 3 aliphatic rings. The van der Waals surface area contributed by atoms with Crippen LogP contribution in [0.15, 0.2) is 29.8 Å². The van der Waals surface area contributed by atoms with Crippen LogP contribution in [0.2, 0.25) is 0 Å². The number of hydrogen-bond donors (Lipinski definition) is 1. The quantitative estimate of drug-likeness (QED) is 0.773. The van der Waals surface area contributed by atoms with E-state index in [-0.39, 0.29) is 47.7 Å². The third-order valence-corrected chi connectivity index (χ3v) is 5.85. The van der Waals surface area contributed by atoms with Gasteiger partial charge in [-0.3, -0.25) is 0 Å². The summed E-state index contributed by atoms with van der Waals surface area (Å²) in [5.41, 5.74) is 0.0605. The zero-order valence-electron chi connectivity index (χ0n) is 17.1. The predicted molar refractivity (Wildman–Crippen MR) is 109 cm³/mol. The molecular formula is C22H20F3N3O4. The average Bonchev–Trinajstić information content (AvgIpc) is 3.32. The van der Waals surface area contributed by atoms with Gasteiger partial charge in [-0.25, -0.2) is 22.9 Å². The van der Waals surface area contributed by atoms with E-state index in [1.165, 1.54) is 23.1 Å². The number of carbonyl (C=O) groups is 1. The summed E-state index contributed by atoms with van der Waals surface area (Å²) >= 11 is 0. The molecule has 7 nitrogen and oxygen atoms in total. The standard InChI is InChI=1S/C22H20F3N3O4/c1-12-10-31-22(32-12)4-5-27(11-22)20-17(25)7-13-6-14(21(29)30)9-28(19(13)26-20)18-3-2-15(23)8-16(18)24/h2-3,6-8,12H,4-5,9-11H2,1H3,(H,29,30). The Morgan fingerprint density at radius 2 is 2.03 bits per heavy atom. The molecule has 168 valence electrons. The predicted octanol–water partition coefficient (Wildman–Crippen LogP) is 3.46. The number of halogens is 3.